The molecule has 0 spiro atoms. The Morgan fingerprint density at radius 3 is 2.68 bits per heavy atom. The Balaban J connectivity index is 2.16. The molecule has 0 aliphatic heterocycles. The molecule has 0 unspecified atom stereocenters. The molecule has 0 radical (unpaired) electrons. The lowest BCUT2D eigenvalue weighted by atomic mass is 10.2. The average molecular weight is 274 g/mol. The molecule has 0 fully saturated rings. The molecule has 0 aliphatic carbocycles. The molecule has 0 amide bonds. The summed E-state index contributed by atoms with van der Waals surface area (Å²) in [5.74, 6) is 0.271. The molecule has 1 heterocycles. The number of aromatic nitrogens is 3. The molecule has 0 saturated heterocycles. The summed E-state index contributed by atoms with van der Waals surface area (Å²) in [6.07, 6.45) is 1.54. The highest BCUT2D eigenvalue weighted by Crippen LogP contribution is 2.27. The third kappa shape index (κ3) is 2.22. The minimum atomic E-state index is -0.309. The van der Waals surface area contributed by atoms with Crippen LogP contribution < -0.4 is 0 Å². The molecule has 3 nitrogen and oxygen atoms in total. The topological polar surface area (TPSA) is 30.7 Å². The van der Waals surface area contributed by atoms with Gasteiger partial charge in [0.1, 0.15) is 12.1 Å². The second kappa shape index (κ2) is 4.82. The molecule has 0 bridgehead atoms. The molecular formula is C14H9ClFN3. The summed E-state index contributed by atoms with van der Waals surface area (Å²) >= 11 is 6.15. The maximum Gasteiger partial charge on any atom is 0.169 e. The summed E-state index contributed by atoms with van der Waals surface area (Å²) in [7, 11) is 0. The van der Waals surface area contributed by atoms with Gasteiger partial charge in [0.25, 0.3) is 0 Å². The van der Waals surface area contributed by atoms with Crippen LogP contribution in [0.15, 0.2) is 54.9 Å². The van der Waals surface area contributed by atoms with Crippen LogP contribution in [-0.4, -0.2) is 14.8 Å². The van der Waals surface area contributed by atoms with E-state index < -0.39 is 0 Å². The fourth-order valence-corrected chi connectivity index (χ4v) is 2.10. The van der Waals surface area contributed by atoms with Crippen molar-refractivity contribution >= 4 is 11.6 Å². The molecule has 3 rings (SSSR count). The van der Waals surface area contributed by atoms with Gasteiger partial charge >= 0.3 is 0 Å². The van der Waals surface area contributed by atoms with E-state index in [-0.39, 0.29) is 5.82 Å². The van der Waals surface area contributed by atoms with Crippen molar-refractivity contribution in [3.05, 3.63) is 65.7 Å². The molecule has 94 valence electrons. The van der Waals surface area contributed by atoms with Crippen LogP contribution >= 0.6 is 11.6 Å². The van der Waals surface area contributed by atoms with E-state index in [0.717, 1.165) is 5.56 Å². The molecule has 0 saturated carbocycles. The van der Waals surface area contributed by atoms with Crippen LogP contribution in [0.5, 0.6) is 0 Å². The number of rotatable bonds is 2. The zero-order chi connectivity index (χ0) is 13.2. The summed E-state index contributed by atoms with van der Waals surface area (Å²) in [4.78, 5) is 0. The Labute approximate surface area is 114 Å². The van der Waals surface area contributed by atoms with Crippen molar-refractivity contribution in [1.29, 1.82) is 0 Å². The van der Waals surface area contributed by atoms with Crippen molar-refractivity contribution in [2.45, 2.75) is 0 Å². The van der Waals surface area contributed by atoms with Crippen molar-refractivity contribution in [2.75, 3.05) is 0 Å². The minimum absolute atomic E-state index is 0.309. The number of hydrogen-bond acceptors (Lipinski definition) is 2. The maximum absolute atomic E-state index is 13.3. The molecule has 1 aromatic heterocycles. The Kier molecular flexibility index (Phi) is 3.01. The first-order valence-corrected chi connectivity index (χ1v) is 6.04. The van der Waals surface area contributed by atoms with Crippen LogP contribution in [0.2, 0.25) is 5.02 Å². The number of hydrogen-bond donors (Lipinski definition) is 0. The Morgan fingerprint density at radius 1 is 1.05 bits per heavy atom. The van der Waals surface area contributed by atoms with Crippen molar-refractivity contribution in [3.63, 3.8) is 0 Å². The van der Waals surface area contributed by atoms with E-state index in [1.807, 2.05) is 18.2 Å². The normalized spacial score (nSPS) is 10.6. The number of benzene rings is 2. The highest BCUT2D eigenvalue weighted by molar-refractivity contribution is 6.33. The second-order valence-electron chi connectivity index (χ2n) is 3.98. The second-order valence-corrected chi connectivity index (χ2v) is 4.39. The van der Waals surface area contributed by atoms with Crippen LogP contribution in [0.4, 0.5) is 4.39 Å². The zero-order valence-corrected chi connectivity index (χ0v) is 10.5. The summed E-state index contributed by atoms with van der Waals surface area (Å²) in [5, 5.41) is 8.51. The highest BCUT2D eigenvalue weighted by Gasteiger charge is 2.12. The van der Waals surface area contributed by atoms with Gasteiger partial charge in [-0.15, -0.1) is 10.2 Å². The Bertz CT molecular complexity index is 724. The van der Waals surface area contributed by atoms with Crippen molar-refractivity contribution in [3.8, 4) is 17.1 Å². The van der Waals surface area contributed by atoms with Gasteiger partial charge in [-0.3, -0.25) is 4.57 Å². The summed E-state index contributed by atoms with van der Waals surface area (Å²) in [6.45, 7) is 0. The van der Waals surface area contributed by atoms with Crippen LogP contribution in [0.1, 0.15) is 0 Å². The first kappa shape index (κ1) is 11.9. The highest BCUT2D eigenvalue weighted by atomic mass is 35.5. The summed E-state index contributed by atoms with van der Waals surface area (Å²) in [6, 6.07) is 13.6. The molecule has 0 N–H and O–H groups in total. The van der Waals surface area contributed by atoms with Gasteiger partial charge in [-0.1, -0.05) is 29.8 Å². The zero-order valence-electron chi connectivity index (χ0n) is 9.79. The lowest BCUT2D eigenvalue weighted by molar-refractivity contribution is 0.626. The van der Waals surface area contributed by atoms with E-state index in [1.54, 1.807) is 22.8 Å². The quantitative estimate of drug-likeness (QED) is 0.712. The minimum Gasteiger partial charge on any atom is -0.281 e. The largest absolute Gasteiger partial charge is 0.281 e. The van der Waals surface area contributed by atoms with Crippen molar-refractivity contribution in [1.82, 2.24) is 14.8 Å². The molecule has 0 atom stereocenters. The van der Waals surface area contributed by atoms with Crippen LogP contribution in [0.25, 0.3) is 17.1 Å². The Morgan fingerprint density at radius 2 is 1.89 bits per heavy atom. The summed E-state index contributed by atoms with van der Waals surface area (Å²) in [5.41, 5.74) is 1.41. The molecule has 5 heteroatoms. The maximum atomic E-state index is 13.3. The first-order valence-electron chi connectivity index (χ1n) is 5.66. The third-order valence-electron chi connectivity index (χ3n) is 2.75. The standard InChI is InChI=1S/C14H9ClFN3/c15-13-7-2-1-6-12(13)14-18-17-9-19(14)11-5-3-4-10(16)8-11/h1-9H. The van der Waals surface area contributed by atoms with Gasteiger partial charge in [-0.2, -0.15) is 0 Å². The third-order valence-corrected chi connectivity index (χ3v) is 3.08. The lowest BCUT2D eigenvalue weighted by Gasteiger charge is -2.07. The monoisotopic (exact) mass is 273 g/mol. The van der Waals surface area contributed by atoms with Gasteiger partial charge in [0.15, 0.2) is 5.82 Å². The van der Waals surface area contributed by atoms with Gasteiger partial charge in [0.05, 0.1) is 10.7 Å². The van der Waals surface area contributed by atoms with E-state index in [1.165, 1.54) is 18.5 Å². The van der Waals surface area contributed by atoms with E-state index in [9.17, 15) is 4.39 Å². The lowest BCUT2D eigenvalue weighted by Crippen LogP contribution is -1.97. The number of nitrogens with zero attached hydrogens (tertiary/aromatic N) is 3. The first-order chi connectivity index (χ1) is 9.25. The van der Waals surface area contributed by atoms with Gasteiger partial charge < -0.3 is 0 Å². The average Bonchev–Trinajstić information content (AvgIpc) is 2.88. The fraction of sp³-hybridized carbons (Fsp3) is 0. The van der Waals surface area contributed by atoms with Crippen LogP contribution in [-0.2, 0) is 0 Å². The van der Waals surface area contributed by atoms with Gasteiger partial charge in [0.2, 0.25) is 0 Å². The van der Waals surface area contributed by atoms with Crippen molar-refractivity contribution in [2.24, 2.45) is 0 Å². The summed E-state index contributed by atoms with van der Waals surface area (Å²) < 4.78 is 15.0. The van der Waals surface area contributed by atoms with Gasteiger partial charge in [0, 0.05) is 5.56 Å². The van der Waals surface area contributed by atoms with Gasteiger partial charge in [-0.05, 0) is 30.3 Å². The molecular weight excluding hydrogens is 265 g/mol. The van der Waals surface area contributed by atoms with Crippen molar-refractivity contribution < 1.29 is 4.39 Å². The van der Waals surface area contributed by atoms with E-state index >= 15 is 0 Å². The Hall–Kier alpha value is -2.20. The molecule has 2 aromatic carbocycles. The van der Waals surface area contributed by atoms with Crippen LogP contribution in [0, 0.1) is 5.82 Å². The van der Waals surface area contributed by atoms with E-state index in [0.29, 0.717) is 16.5 Å². The van der Waals surface area contributed by atoms with E-state index in [4.69, 9.17) is 11.6 Å². The fourth-order valence-electron chi connectivity index (χ4n) is 1.88. The molecule has 0 aliphatic rings. The van der Waals surface area contributed by atoms with E-state index in [2.05, 4.69) is 10.2 Å². The number of halogens is 2. The smallest absolute Gasteiger partial charge is 0.169 e. The predicted molar refractivity (Wildman–Crippen MR) is 71.8 cm³/mol. The van der Waals surface area contributed by atoms with Gasteiger partial charge in [-0.25, -0.2) is 4.39 Å². The molecule has 3 aromatic rings. The van der Waals surface area contributed by atoms with Crippen LogP contribution in [0.3, 0.4) is 0 Å². The molecule has 19 heavy (non-hydrogen) atoms. The predicted octanol–water partition coefficient (Wildman–Crippen LogP) is 3.73. The SMILES string of the molecule is Fc1cccc(-n2cnnc2-c2ccccc2Cl)c1.